The molecule has 2 rings (SSSR count). The highest BCUT2D eigenvalue weighted by molar-refractivity contribution is 5.80. The maximum Gasteiger partial charge on any atom is 0.417 e. The van der Waals surface area contributed by atoms with Crippen molar-refractivity contribution in [2.45, 2.75) is 12.6 Å². The van der Waals surface area contributed by atoms with E-state index >= 15 is 0 Å². The number of rotatable bonds is 4. The average Bonchev–Trinajstić information content (AvgIpc) is 2.74. The third-order valence-corrected chi connectivity index (χ3v) is 2.48. The van der Waals surface area contributed by atoms with Gasteiger partial charge >= 0.3 is 5.76 Å². The van der Waals surface area contributed by atoms with Crippen LogP contribution in [0, 0.1) is 0 Å². The van der Waals surface area contributed by atoms with Crippen LogP contribution < -0.4 is 16.8 Å². The van der Waals surface area contributed by atoms with E-state index in [1.54, 1.807) is 18.2 Å². The maximum atomic E-state index is 11.3. The molecule has 0 aliphatic heterocycles. The molecule has 0 radical (unpaired) electrons. The molecule has 1 aromatic carbocycles. The zero-order chi connectivity index (χ0) is 13.1. The van der Waals surface area contributed by atoms with Crippen molar-refractivity contribution in [3.8, 4) is 0 Å². The van der Waals surface area contributed by atoms with Gasteiger partial charge in [-0.1, -0.05) is 6.07 Å². The van der Waals surface area contributed by atoms with E-state index in [-0.39, 0.29) is 13.1 Å². The highest BCUT2D eigenvalue weighted by Gasteiger charge is 2.12. The minimum Gasteiger partial charge on any atom is -0.408 e. The standard InChI is InChI=1S/C11H13N3O4/c12-4-8(15)10(16)13-5-6-1-2-7-9(3-6)18-11(17)14-7/h1-3,8,15H,4-5,12H2,(H,13,16)(H,14,17). The summed E-state index contributed by atoms with van der Waals surface area (Å²) in [4.78, 5) is 24.8. The van der Waals surface area contributed by atoms with E-state index in [1.165, 1.54) is 0 Å². The number of nitrogens with two attached hydrogens (primary N) is 1. The molecule has 1 heterocycles. The summed E-state index contributed by atoms with van der Waals surface area (Å²) >= 11 is 0. The van der Waals surface area contributed by atoms with Crippen molar-refractivity contribution in [1.29, 1.82) is 0 Å². The first-order chi connectivity index (χ1) is 8.60. The molecule has 0 saturated carbocycles. The van der Waals surface area contributed by atoms with E-state index in [2.05, 4.69) is 10.3 Å². The molecule has 18 heavy (non-hydrogen) atoms. The zero-order valence-corrected chi connectivity index (χ0v) is 9.47. The van der Waals surface area contributed by atoms with Gasteiger partial charge < -0.3 is 20.6 Å². The Morgan fingerprint density at radius 1 is 1.56 bits per heavy atom. The number of aliphatic hydroxyl groups excluding tert-OH is 1. The number of hydrogen-bond donors (Lipinski definition) is 4. The SMILES string of the molecule is NCC(O)C(=O)NCc1ccc2[nH]c(=O)oc2c1. The van der Waals surface area contributed by atoms with Gasteiger partial charge in [0.15, 0.2) is 5.58 Å². The number of aromatic nitrogens is 1. The molecule has 2 aromatic rings. The highest BCUT2D eigenvalue weighted by Crippen LogP contribution is 2.12. The van der Waals surface area contributed by atoms with Crippen molar-refractivity contribution in [2.24, 2.45) is 5.73 Å². The first kappa shape index (κ1) is 12.3. The maximum absolute atomic E-state index is 11.3. The molecule has 7 heteroatoms. The molecule has 0 fully saturated rings. The number of hydrogen-bond acceptors (Lipinski definition) is 5. The van der Waals surface area contributed by atoms with Gasteiger partial charge in [0.05, 0.1) is 5.52 Å². The van der Waals surface area contributed by atoms with Gasteiger partial charge in [0, 0.05) is 13.1 Å². The molecule has 0 spiro atoms. The van der Waals surface area contributed by atoms with Gasteiger partial charge in [0.2, 0.25) is 5.91 Å². The number of carbonyl (C=O) groups is 1. The summed E-state index contributed by atoms with van der Waals surface area (Å²) in [7, 11) is 0. The Bertz CT molecular complexity index is 616. The predicted molar refractivity (Wildman–Crippen MR) is 63.7 cm³/mol. The minimum absolute atomic E-state index is 0.127. The van der Waals surface area contributed by atoms with Crippen LogP contribution in [-0.4, -0.2) is 28.6 Å². The Morgan fingerprint density at radius 3 is 3.06 bits per heavy atom. The number of benzene rings is 1. The van der Waals surface area contributed by atoms with E-state index in [9.17, 15) is 14.7 Å². The van der Waals surface area contributed by atoms with Crippen molar-refractivity contribution < 1.29 is 14.3 Å². The van der Waals surface area contributed by atoms with Crippen molar-refractivity contribution in [2.75, 3.05) is 6.54 Å². The van der Waals surface area contributed by atoms with Gasteiger partial charge in [-0.2, -0.15) is 0 Å². The summed E-state index contributed by atoms with van der Waals surface area (Å²) in [6.45, 7) is 0.0955. The summed E-state index contributed by atoms with van der Waals surface area (Å²) in [6.07, 6.45) is -1.21. The predicted octanol–water partition coefficient (Wildman–Crippen LogP) is -0.943. The molecule has 7 nitrogen and oxygen atoms in total. The molecule has 0 aliphatic carbocycles. The van der Waals surface area contributed by atoms with E-state index in [0.717, 1.165) is 5.56 Å². The number of carbonyl (C=O) groups excluding carboxylic acids is 1. The number of fused-ring (bicyclic) bond motifs is 1. The van der Waals surface area contributed by atoms with Crippen molar-refractivity contribution >= 4 is 17.0 Å². The fraction of sp³-hybridized carbons (Fsp3) is 0.273. The molecular formula is C11H13N3O4. The molecule has 5 N–H and O–H groups in total. The Kier molecular flexibility index (Phi) is 3.45. The summed E-state index contributed by atoms with van der Waals surface area (Å²) in [6, 6.07) is 5.06. The third kappa shape index (κ3) is 2.58. The lowest BCUT2D eigenvalue weighted by Gasteiger charge is -2.08. The number of aromatic amines is 1. The second kappa shape index (κ2) is 5.03. The Morgan fingerprint density at radius 2 is 2.33 bits per heavy atom. The van der Waals surface area contributed by atoms with Crippen molar-refractivity contribution in [1.82, 2.24) is 10.3 Å². The lowest BCUT2D eigenvalue weighted by molar-refractivity contribution is -0.128. The van der Waals surface area contributed by atoms with Crippen LogP contribution in [0.25, 0.3) is 11.1 Å². The number of aliphatic hydroxyl groups is 1. The molecule has 96 valence electrons. The van der Waals surface area contributed by atoms with Crippen LogP contribution >= 0.6 is 0 Å². The fourth-order valence-electron chi connectivity index (χ4n) is 1.51. The van der Waals surface area contributed by atoms with Gasteiger partial charge in [-0.05, 0) is 17.7 Å². The van der Waals surface area contributed by atoms with Crippen LogP contribution in [0.15, 0.2) is 27.4 Å². The number of amides is 1. The van der Waals surface area contributed by atoms with Crippen LogP contribution in [0.3, 0.4) is 0 Å². The molecule has 1 amide bonds. The van der Waals surface area contributed by atoms with Crippen LogP contribution in [0.5, 0.6) is 0 Å². The number of oxazole rings is 1. The van der Waals surface area contributed by atoms with E-state index in [4.69, 9.17) is 10.2 Å². The smallest absolute Gasteiger partial charge is 0.408 e. The van der Waals surface area contributed by atoms with Crippen molar-refractivity contribution in [3.05, 3.63) is 34.3 Å². The molecule has 1 unspecified atom stereocenters. The van der Waals surface area contributed by atoms with E-state index in [0.29, 0.717) is 11.1 Å². The van der Waals surface area contributed by atoms with Gasteiger partial charge in [0.25, 0.3) is 0 Å². The monoisotopic (exact) mass is 251 g/mol. The second-order valence-corrected chi connectivity index (χ2v) is 3.81. The zero-order valence-electron chi connectivity index (χ0n) is 9.47. The van der Waals surface area contributed by atoms with Crippen LogP contribution in [0.4, 0.5) is 0 Å². The highest BCUT2D eigenvalue weighted by atomic mass is 16.4. The Labute approximate surface area is 102 Å². The first-order valence-corrected chi connectivity index (χ1v) is 5.38. The van der Waals surface area contributed by atoms with E-state index < -0.39 is 17.8 Å². The summed E-state index contributed by atoms with van der Waals surface area (Å²) < 4.78 is 4.89. The Hall–Kier alpha value is -2.12. The fourth-order valence-corrected chi connectivity index (χ4v) is 1.51. The third-order valence-electron chi connectivity index (χ3n) is 2.48. The van der Waals surface area contributed by atoms with Gasteiger partial charge in [0.1, 0.15) is 6.10 Å². The van der Waals surface area contributed by atoms with Crippen LogP contribution in [-0.2, 0) is 11.3 Å². The lowest BCUT2D eigenvalue weighted by Crippen LogP contribution is -2.38. The summed E-state index contributed by atoms with van der Waals surface area (Å²) in [5, 5.41) is 11.7. The molecular weight excluding hydrogens is 238 g/mol. The number of nitrogens with one attached hydrogen (secondary N) is 2. The molecule has 0 aliphatic rings. The summed E-state index contributed by atoms with van der Waals surface area (Å²) in [5.74, 6) is -1.06. The van der Waals surface area contributed by atoms with Gasteiger partial charge in [-0.15, -0.1) is 0 Å². The quantitative estimate of drug-likeness (QED) is 0.558. The second-order valence-electron chi connectivity index (χ2n) is 3.81. The minimum atomic E-state index is -1.21. The molecule has 1 aromatic heterocycles. The number of H-pyrrole nitrogens is 1. The largest absolute Gasteiger partial charge is 0.417 e. The molecule has 0 bridgehead atoms. The first-order valence-electron chi connectivity index (χ1n) is 5.38. The van der Waals surface area contributed by atoms with Gasteiger partial charge in [-0.25, -0.2) is 4.79 Å². The molecule has 0 saturated heterocycles. The lowest BCUT2D eigenvalue weighted by atomic mass is 10.2. The van der Waals surface area contributed by atoms with Gasteiger partial charge in [-0.3, -0.25) is 9.78 Å². The van der Waals surface area contributed by atoms with Crippen LogP contribution in [0.2, 0.25) is 0 Å². The van der Waals surface area contributed by atoms with Crippen molar-refractivity contribution in [3.63, 3.8) is 0 Å². The summed E-state index contributed by atoms with van der Waals surface area (Å²) in [5.41, 5.74) is 6.92. The topological polar surface area (TPSA) is 121 Å². The van der Waals surface area contributed by atoms with Crippen LogP contribution in [0.1, 0.15) is 5.56 Å². The normalized spacial score (nSPS) is 12.6. The average molecular weight is 251 g/mol. The van der Waals surface area contributed by atoms with E-state index in [1.807, 2.05) is 0 Å². The Balaban J connectivity index is 2.08. The molecule has 1 atom stereocenters.